The van der Waals surface area contributed by atoms with Gasteiger partial charge in [-0.05, 0) is 17.7 Å². The molecule has 1 aliphatic rings. The number of aromatic amines is 1. The van der Waals surface area contributed by atoms with Crippen LogP contribution >= 0.6 is 0 Å². The van der Waals surface area contributed by atoms with Crippen molar-refractivity contribution >= 4 is 0 Å². The lowest BCUT2D eigenvalue weighted by Gasteiger charge is -2.16. The molecule has 1 saturated heterocycles. The highest BCUT2D eigenvalue weighted by Gasteiger charge is 2.37. The lowest BCUT2D eigenvalue weighted by molar-refractivity contribution is -0.0659. The molecule has 134 valence electrons. The molecule has 0 saturated carbocycles. The van der Waals surface area contributed by atoms with Gasteiger partial charge in [0.15, 0.2) is 0 Å². The summed E-state index contributed by atoms with van der Waals surface area (Å²) in [6.45, 7) is -0.283. The zero-order valence-corrected chi connectivity index (χ0v) is 13.0. The first-order valence-corrected chi connectivity index (χ1v) is 7.61. The Bertz CT molecular complexity index is 866. The molecule has 25 heavy (non-hydrogen) atoms. The van der Waals surface area contributed by atoms with Gasteiger partial charge in [0, 0.05) is 6.42 Å². The topological polar surface area (TPSA) is 93.6 Å². The van der Waals surface area contributed by atoms with Gasteiger partial charge in [-0.25, -0.2) is 9.18 Å². The zero-order valence-electron chi connectivity index (χ0n) is 13.0. The van der Waals surface area contributed by atoms with Crippen molar-refractivity contribution in [2.24, 2.45) is 0 Å². The quantitative estimate of drug-likeness (QED) is 0.824. The van der Waals surface area contributed by atoms with Gasteiger partial charge in [-0.2, -0.15) is 4.39 Å². The van der Waals surface area contributed by atoms with E-state index in [2.05, 4.69) is 0 Å². The van der Waals surface area contributed by atoms with Crippen LogP contribution in [0.25, 0.3) is 0 Å². The lowest BCUT2D eigenvalue weighted by Crippen LogP contribution is -2.34. The molecule has 1 aliphatic heterocycles. The molecule has 2 heterocycles. The number of rotatable bonds is 5. The number of nitrogens with zero attached hydrogens (tertiary/aromatic N) is 1. The van der Waals surface area contributed by atoms with Gasteiger partial charge in [-0.15, -0.1) is 0 Å². The second-order valence-electron chi connectivity index (χ2n) is 5.67. The third kappa shape index (κ3) is 3.84. The van der Waals surface area contributed by atoms with Gasteiger partial charge >= 0.3 is 5.69 Å². The molecule has 1 fully saturated rings. The molecule has 2 aromatic rings. The number of aliphatic hydroxyl groups is 1. The van der Waals surface area contributed by atoms with Gasteiger partial charge in [0.05, 0.1) is 25.5 Å². The van der Waals surface area contributed by atoms with Crippen LogP contribution in [0.3, 0.4) is 0 Å². The minimum atomic E-state index is -1.12. The van der Waals surface area contributed by atoms with E-state index in [0.717, 1.165) is 10.8 Å². The van der Waals surface area contributed by atoms with Crippen LogP contribution in [0.2, 0.25) is 0 Å². The Morgan fingerprint density at radius 1 is 1.36 bits per heavy atom. The van der Waals surface area contributed by atoms with Crippen molar-refractivity contribution < 1.29 is 23.4 Å². The molecular weight excluding hydrogens is 338 g/mol. The van der Waals surface area contributed by atoms with Crippen molar-refractivity contribution in [3.8, 4) is 0 Å². The molecule has 0 amide bonds. The van der Waals surface area contributed by atoms with Crippen molar-refractivity contribution in [1.82, 2.24) is 9.55 Å². The Kier molecular flexibility index (Phi) is 5.07. The Hall–Kier alpha value is -2.36. The Labute approximate surface area is 140 Å². The normalized spacial score (nSPS) is 23.1. The van der Waals surface area contributed by atoms with Crippen molar-refractivity contribution in [2.45, 2.75) is 31.5 Å². The first-order valence-electron chi connectivity index (χ1n) is 7.61. The molecule has 7 nitrogen and oxygen atoms in total. The van der Waals surface area contributed by atoms with Crippen LogP contribution in [0.4, 0.5) is 8.78 Å². The Morgan fingerprint density at radius 3 is 2.88 bits per heavy atom. The average molecular weight is 354 g/mol. The Balaban J connectivity index is 1.73. The van der Waals surface area contributed by atoms with E-state index in [1.165, 1.54) is 12.1 Å². The maximum absolute atomic E-state index is 13.4. The van der Waals surface area contributed by atoms with Crippen LogP contribution in [0.15, 0.2) is 40.1 Å². The largest absolute Gasteiger partial charge is 0.394 e. The monoisotopic (exact) mass is 354 g/mol. The molecular formula is C16H16F2N2O5. The molecule has 1 aromatic heterocycles. The van der Waals surface area contributed by atoms with Crippen LogP contribution in [-0.4, -0.2) is 33.5 Å². The summed E-state index contributed by atoms with van der Waals surface area (Å²) in [5.41, 5.74) is -1.33. The predicted octanol–water partition coefficient (Wildman–Crippen LogP) is 0.680. The third-order valence-electron chi connectivity index (χ3n) is 3.95. The highest BCUT2D eigenvalue weighted by molar-refractivity contribution is 5.15. The molecule has 0 bridgehead atoms. The van der Waals surface area contributed by atoms with Crippen LogP contribution in [0, 0.1) is 11.6 Å². The zero-order chi connectivity index (χ0) is 18.0. The molecule has 3 rings (SSSR count). The summed E-state index contributed by atoms with van der Waals surface area (Å²) in [6.07, 6.45) is -1.30. The molecule has 0 spiro atoms. The summed E-state index contributed by atoms with van der Waals surface area (Å²) in [4.78, 5) is 24.8. The van der Waals surface area contributed by atoms with E-state index in [9.17, 15) is 23.5 Å². The smallest absolute Gasteiger partial charge is 0.330 e. The third-order valence-corrected chi connectivity index (χ3v) is 3.95. The average Bonchev–Trinajstić information content (AvgIpc) is 2.99. The molecule has 0 aliphatic carbocycles. The molecule has 9 heteroatoms. The van der Waals surface area contributed by atoms with E-state index < -0.39 is 41.3 Å². The number of aliphatic hydroxyl groups excluding tert-OH is 1. The fourth-order valence-electron chi connectivity index (χ4n) is 2.72. The summed E-state index contributed by atoms with van der Waals surface area (Å²) < 4.78 is 38.7. The van der Waals surface area contributed by atoms with E-state index >= 15 is 0 Å². The number of ether oxygens (including phenoxy) is 2. The standard InChI is InChI=1S/C16H16F2N2O5/c17-10-3-1-2-9(4-10)8-24-12-5-14(25-13(12)7-21)20-6-11(18)15(22)19-16(20)23/h1-4,6,12-14,21H,5,7-8H2,(H,19,22,23)/t12?,13-,14-/m0/s1. The van der Waals surface area contributed by atoms with Crippen molar-refractivity contribution in [2.75, 3.05) is 6.61 Å². The molecule has 1 unspecified atom stereocenters. The second kappa shape index (κ2) is 7.26. The van der Waals surface area contributed by atoms with E-state index in [1.54, 1.807) is 12.1 Å². The fraction of sp³-hybridized carbons (Fsp3) is 0.375. The fourth-order valence-corrected chi connectivity index (χ4v) is 2.72. The van der Waals surface area contributed by atoms with Crippen molar-refractivity contribution in [3.63, 3.8) is 0 Å². The van der Waals surface area contributed by atoms with Crippen LogP contribution < -0.4 is 11.2 Å². The maximum Gasteiger partial charge on any atom is 0.330 e. The number of aromatic nitrogens is 2. The van der Waals surface area contributed by atoms with Gasteiger partial charge in [0.25, 0.3) is 5.56 Å². The molecule has 2 N–H and O–H groups in total. The number of benzene rings is 1. The van der Waals surface area contributed by atoms with Gasteiger partial charge in [-0.1, -0.05) is 12.1 Å². The maximum atomic E-state index is 13.4. The summed E-state index contributed by atoms with van der Waals surface area (Å²) in [5.74, 6) is -1.51. The first-order chi connectivity index (χ1) is 12.0. The predicted molar refractivity (Wildman–Crippen MR) is 81.9 cm³/mol. The summed E-state index contributed by atoms with van der Waals surface area (Å²) in [6, 6.07) is 5.87. The van der Waals surface area contributed by atoms with Gasteiger partial charge < -0.3 is 14.6 Å². The van der Waals surface area contributed by atoms with Crippen molar-refractivity contribution in [3.05, 3.63) is 68.5 Å². The summed E-state index contributed by atoms with van der Waals surface area (Å²) in [5, 5.41) is 9.43. The number of H-pyrrole nitrogens is 1. The highest BCUT2D eigenvalue weighted by atomic mass is 19.1. The minimum Gasteiger partial charge on any atom is -0.394 e. The first kappa shape index (κ1) is 17.5. The summed E-state index contributed by atoms with van der Waals surface area (Å²) in [7, 11) is 0. The van der Waals surface area contributed by atoms with E-state index in [4.69, 9.17) is 9.47 Å². The van der Waals surface area contributed by atoms with Crippen molar-refractivity contribution in [1.29, 1.82) is 0 Å². The van der Waals surface area contributed by atoms with E-state index in [1.807, 2.05) is 4.98 Å². The molecule has 0 radical (unpaired) electrons. The van der Waals surface area contributed by atoms with Crippen LogP contribution in [0.5, 0.6) is 0 Å². The number of hydrogen-bond donors (Lipinski definition) is 2. The number of nitrogens with one attached hydrogen (secondary N) is 1. The minimum absolute atomic E-state index is 0.0872. The molecule has 1 aromatic carbocycles. The Morgan fingerprint density at radius 2 is 2.16 bits per heavy atom. The summed E-state index contributed by atoms with van der Waals surface area (Å²) >= 11 is 0. The van der Waals surface area contributed by atoms with Crippen LogP contribution in [0.1, 0.15) is 18.2 Å². The number of halogens is 2. The van der Waals surface area contributed by atoms with Gasteiger partial charge in [0.1, 0.15) is 18.1 Å². The van der Waals surface area contributed by atoms with E-state index in [-0.39, 0.29) is 19.6 Å². The van der Waals surface area contributed by atoms with Crippen LogP contribution in [-0.2, 0) is 16.1 Å². The lowest BCUT2D eigenvalue weighted by atomic mass is 10.1. The van der Waals surface area contributed by atoms with Gasteiger partial charge in [-0.3, -0.25) is 14.3 Å². The second-order valence-corrected chi connectivity index (χ2v) is 5.67. The number of hydrogen-bond acceptors (Lipinski definition) is 5. The molecule has 3 atom stereocenters. The highest BCUT2D eigenvalue weighted by Crippen LogP contribution is 2.30. The van der Waals surface area contributed by atoms with Gasteiger partial charge in [0.2, 0.25) is 5.82 Å². The SMILES string of the molecule is O=c1[nH]c(=O)n([C@@H]2CC(OCc3cccc(F)c3)[C@H](CO)O2)cc1F. The van der Waals surface area contributed by atoms with E-state index in [0.29, 0.717) is 5.56 Å².